The van der Waals surface area contributed by atoms with Crippen LogP contribution in [0.5, 0.6) is 0 Å². The van der Waals surface area contributed by atoms with Crippen molar-refractivity contribution in [2.24, 2.45) is 0 Å². The molecule has 0 radical (unpaired) electrons. The van der Waals surface area contributed by atoms with E-state index in [1.165, 1.54) is 0 Å². The molecule has 6 heteroatoms. The van der Waals surface area contributed by atoms with E-state index < -0.39 is 4.92 Å². The molecule has 0 N–H and O–H groups in total. The molecular formula is C9H12ClN3O2. The van der Waals surface area contributed by atoms with Gasteiger partial charge in [-0.3, -0.25) is 14.8 Å². The van der Waals surface area contributed by atoms with Crippen LogP contribution in [0, 0.1) is 24.0 Å². The lowest BCUT2D eigenvalue weighted by atomic mass is 10.3. The Bertz CT molecular complexity index is 412. The fraction of sp³-hybridized carbons (Fsp3) is 0.444. The van der Waals surface area contributed by atoms with Crippen molar-refractivity contribution in [2.75, 3.05) is 5.88 Å². The molecule has 0 spiro atoms. The third-order valence-corrected chi connectivity index (χ3v) is 2.47. The summed E-state index contributed by atoms with van der Waals surface area (Å²) in [6.07, 6.45) is 0. The van der Waals surface area contributed by atoms with Gasteiger partial charge in [-0.2, -0.15) is 5.10 Å². The molecule has 82 valence electrons. The van der Waals surface area contributed by atoms with Crippen LogP contribution in [0.15, 0.2) is 12.2 Å². The van der Waals surface area contributed by atoms with Gasteiger partial charge in [0.05, 0.1) is 11.5 Å². The van der Waals surface area contributed by atoms with Crippen molar-refractivity contribution < 1.29 is 4.92 Å². The number of rotatable bonds is 4. The van der Waals surface area contributed by atoms with Gasteiger partial charge < -0.3 is 0 Å². The molecular weight excluding hydrogens is 218 g/mol. The molecule has 1 aromatic heterocycles. The number of allylic oxidation sites excluding steroid dienone is 1. The minimum absolute atomic E-state index is 0.0670. The van der Waals surface area contributed by atoms with Crippen LogP contribution in [0.4, 0.5) is 5.69 Å². The first kappa shape index (κ1) is 11.7. The third-order valence-electron chi connectivity index (χ3n) is 2.09. The van der Waals surface area contributed by atoms with Gasteiger partial charge in [-0.25, -0.2) is 0 Å². The van der Waals surface area contributed by atoms with Crippen molar-refractivity contribution in [3.8, 4) is 0 Å². The summed E-state index contributed by atoms with van der Waals surface area (Å²) in [5.74, 6) is 0.326. The van der Waals surface area contributed by atoms with Gasteiger partial charge in [-0.1, -0.05) is 6.58 Å². The maximum Gasteiger partial charge on any atom is 0.312 e. The molecule has 0 unspecified atom stereocenters. The number of alkyl halides is 1. The first-order valence-corrected chi connectivity index (χ1v) is 4.91. The van der Waals surface area contributed by atoms with E-state index in [1.54, 1.807) is 18.5 Å². The molecule has 0 aromatic carbocycles. The molecule has 0 bridgehead atoms. The van der Waals surface area contributed by atoms with Crippen LogP contribution in [0.2, 0.25) is 0 Å². The van der Waals surface area contributed by atoms with Crippen LogP contribution >= 0.6 is 11.6 Å². The first-order valence-electron chi connectivity index (χ1n) is 4.38. The lowest BCUT2D eigenvalue weighted by molar-refractivity contribution is -0.386. The Morgan fingerprint density at radius 2 is 2.27 bits per heavy atom. The normalized spacial score (nSPS) is 10.3. The van der Waals surface area contributed by atoms with Gasteiger partial charge >= 0.3 is 5.69 Å². The Balaban J connectivity index is 3.07. The maximum absolute atomic E-state index is 10.7. The standard InChI is InChI=1S/C9H12ClN3O2/c1-6(4-10)5-12-8(3)9(13(14)15)7(2)11-12/h1,4-5H2,2-3H3. The van der Waals surface area contributed by atoms with Gasteiger partial charge in [0.1, 0.15) is 11.4 Å². The Hall–Kier alpha value is -1.36. The molecule has 0 aliphatic carbocycles. The minimum Gasteiger partial charge on any atom is -0.258 e. The van der Waals surface area contributed by atoms with E-state index in [0.717, 1.165) is 5.57 Å². The molecule has 0 fully saturated rings. The van der Waals surface area contributed by atoms with Gasteiger partial charge in [-0.05, 0) is 19.4 Å². The van der Waals surface area contributed by atoms with Gasteiger partial charge in [0.2, 0.25) is 0 Å². The highest BCUT2D eigenvalue weighted by molar-refractivity contribution is 6.19. The lowest BCUT2D eigenvalue weighted by Gasteiger charge is -2.03. The average Bonchev–Trinajstić information content (AvgIpc) is 2.41. The Morgan fingerprint density at radius 3 is 2.67 bits per heavy atom. The average molecular weight is 230 g/mol. The SMILES string of the molecule is C=C(CCl)Cn1nc(C)c([N+](=O)[O-])c1C. The molecule has 1 aromatic rings. The number of hydrogen-bond donors (Lipinski definition) is 0. The molecule has 0 saturated carbocycles. The van der Waals surface area contributed by atoms with E-state index in [0.29, 0.717) is 23.8 Å². The highest BCUT2D eigenvalue weighted by Crippen LogP contribution is 2.22. The highest BCUT2D eigenvalue weighted by Gasteiger charge is 2.21. The summed E-state index contributed by atoms with van der Waals surface area (Å²) >= 11 is 5.59. The van der Waals surface area contributed by atoms with Crippen LogP contribution in [0.1, 0.15) is 11.4 Å². The van der Waals surface area contributed by atoms with Crippen molar-refractivity contribution >= 4 is 17.3 Å². The zero-order chi connectivity index (χ0) is 11.6. The molecule has 15 heavy (non-hydrogen) atoms. The predicted molar refractivity (Wildman–Crippen MR) is 58.2 cm³/mol. The number of aryl methyl sites for hydroxylation is 1. The first-order chi connectivity index (χ1) is 6.97. The largest absolute Gasteiger partial charge is 0.312 e. The van der Waals surface area contributed by atoms with Gasteiger partial charge in [-0.15, -0.1) is 11.6 Å². The van der Waals surface area contributed by atoms with Crippen molar-refractivity contribution in [2.45, 2.75) is 20.4 Å². The van der Waals surface area contributed by atoms with E-state index in [4.69, 9.17) is 11.6 Å². The van der Waals surface area contributed by atoms with E-state index in [1.807, 2.05) is 0 Å². The summed E-state index contributed by atoms with van der Waals surface area (Å²) in [4.78, 5) is 10.3. The van der Waals surface area contributed by atoms with E-state index in [2.05, 4.69) is 11.7 Å². The summed E-state index contributed by atoms with van der Waals surface area (Å²) < 4.78 is 1.55. The summed E-state index contributed by atoms with van der Waals surface area (Å²) in [6.45, 7) is 7.43. The Labute approximate surface area is 92.5 Å². The number of hydrogen-bond acceptors (Lipinski definition) is 3. The van der Waals surface area contributed by atoms with Crippen molar-refractivity contribution in [3.63, 3.8) is 0 Å². The molecule has 0 aliphatic heterocycles. The number of aromatic nitrogens is 2. The molecule has 0 aliphatic rings. The fourth-order valence-electron chi connectivity index (χ4n) is 1.36. The fourth-order valence-corrected chi connectivity index (χ4v) is 1.44. The Morgan fingerprint density at radius 1 is 1.67 bits per heavy atom. The van der Waals surface area contributed by atoms with Gasteiger partial charge in [0.25, 0.3) is 0 Å². The van der Waals surface area contributed by atoms with Crippen LogP contribution in [0.25, 0.3) is 0 Å². The molecule has 1 heterocycles. The Kier molecular flexibility index (Phi) is 3.47. The summed E-state index contributed by atoms with van der Waals surface area (Å²) in [5.41, 5.74) is 1.79. The second-order valence-corrected chi connectivity index (χ2v) is 3.59. The second-order valence-electron chi connectivity index (χ2n) is 3.32. The monoisotopic (exact) mass is 229 g/mol. The van der Waals surface area contributed by atoms with Gasteiger partial charge in [0, 0.05) is 5.88 Å². The van der Waals surface area contributed by atoms with Crippen molar-refractivity contribution in [1.82, 2.24) is 9.78 Å². The summed E-state index contributed by atoms with van der Waals surface area (Å²) in [6, 6.07) is 0. The summed E-state index contributed by atoms with van der Waals surface area (Å²) in [5, 5.41) is 14.8. The van der Waals surface area contributed by atoms with Crippen LogP contribution in [0.3, 0.4) is 0 Å². The summed E-state index contributed by atoms with van der Waals surface area (Å²) in [7, 11) is 0. The van der Waals surface area contributed by atoms with Crippen molar-refractivity contribution in [3.05, 3.63) is 33.7 Å². The van der Waals surface area contributed by atoms with E-state index >= 15 is 0 Å². The molecule has 0 atom stereocenters. The van der Waals surface area contributed by atoms with E-state index in [9.17, 15) is 10.1 Å². The van der Waals surface area contributed by atoms with Crippen LogP contribution in [-0.4, -0.2) is 20.6 Å². The molecule has 0 saturated heterocycles. The smallest absolute Gasteiger partial charge is 0.258 e. The minimum atomic E-state index is -0.419. The topological polar surface area (TPSA) is 61.0 Å². The quantitative estimate of drug-likeness (QED) is 0.344. The van der Waals surface area contributed by atoms with Crippen molar-refractivity contribution in [1.29, 1.82) is 0 Å². The number of halogens is 1. The molecule has 1 rings (SSSR count). The zero-order valence-electron chi connectivity index (χ0n) is 8.66. The van der Waals surface area contributed by atoms with Crippen LogP contribution in [-0.2, 0) is 6.54 Å². The molecule has 0 amide bonds. The van der Waals surface area contributed by atoms with E-state index in [-0.39, 0.29) is 5.69 Å². The number of nitro groups is 1. The third kappa shape index (κ3) is 2.36. The molecule has 5 nitrogen and oxygen atoms in total. The lowest BCUT2D eigenvalue weighted by Crippen LogP contribution is -2.05. The number of nitrogens with zero attached hydrogens (tertiary/aromatic N) is 3. The maximum atomic E-state index is 10.7. The van der Waals surface area contributed by atoms with Gasteiger partial charge in [0.15, 0.2) is 0 Å². The predicted octanol–water partition coefficient (Wildman–Crippen LogP) is 2.20. The van der Waals surface area contributed by atoms with Crippen LogP contribution < -0.4 is 0 Å². The second kappa shape index (κ2) is 4.44. The zero-order valence-corrected chi connectivity index (χ0v) is 9.41. The highest BCUT2D eigenvalue weighted by atomic mass is 35.5.